The Kier molecular flexibility index (Phi) is 5.59. The molecule has 9 nitrogen and oxygen atoms in total. The van der Waals surface area contributed by atoms with E-state index in [-0.39, 0.29) is 29.3 Å². The zero-order valence-corrected chi connectivity index (χ0v) is 17.3. The first-order valence-corrected chi connectivity index (χ1v) is 10.4. The van der Waals surface area contributed by atoms with Gasteiger partial charge in [-0.2, -0.15) is 0 Å². The molecule has 9 atom stereocenters. The van der Waals surface area contributed by atoms with Crippen LogP contribution in [0.4, 0.5) is 0 Å². The summed E-state index contributed by atoms with van der Waals surface area (Å²) in [4.78, 5) is 12.6. The number of rotatable bonds is 4. The fourth-order valence-corrected chi connectivity index (χ4v) is 5.30. The third kappa shape index (κ3) is 3.15. The zero-order valence-electron chi connectivity index (χ0n) is 17.3. The fraction of sp³-hybridized carbons (Fsp3) is 0.762. The number of aliphatic hydroxyl groups excluding tert-OH is 4. The van der Waals surface area contributed by atoms with Crippen molar-refractivity contribution in [1.82, 2.24) is 0 Å². The van der Waals surface area contributed by atoms with Gasteiger partial charge >= 0.3 is 0 Å². The number of ether oxygens (including phenoxy) is 2. The lowest BCUT2D eigenvalue weighted by molar-refractivity contribution is -0.316. The molecule has 1 aromatic heterocycles. The number of hydrogen-bond donors (Lipinski definition) is 5. The minimum Gasteiger partial charge on any atom is -0.460 e. The standard InChI is InChI=1S/C21H30O9/c1-8(2)11-4-12(29-20-18(26)17(25)16(24)13(6-22)30-20)10-7-28-19-14(10)21(11,27)5-9(3)15(19)23/h7-9,11-13,16-18,20,22,24-27H,4-6H2,1-3H3/t9-,11+,12+,13+,16+,17-,18+,20+,21-/m0/s1. The van der Waals surface area contributed by atoms with Gasteiger partial charge in [0.05, 0.1) is 24.6 Å². The molecule has 0 bridgehead atoms. The van der Waals surface area contributed by atoms with Crippen molar-refractivity contribution >= 4 is 5.78 Å². The van der Waals surface area contributed by atoms with Crippen LogP contribution in [-0.4, -0.2) is 68.6 Å². The highest BCUT2D eigenvalue weighted by atomic mass is 16.7. The van der Waals surface area contributed by atoms with Gasteiger partial charge in [0.15, 0.2) is 12.1 Å². The minimum atomic E-state index is -1.55. The second-order valence-corrected chi connectivity index (χ2v) is 9.20. The van der Waals surface area contributed by atoms with Crippen molar-refractivity contribution in [2.45, 2.75) is 76.0 Å². The SMILES string of the molecule is CC(C)[C@H]1C[C@@H](O[C@@H]2O[C@H](CO)[C@@H](O)[C@H](O)[C@H]2O)c2coc3c2[C@]1(O)C[C@H](C)C3=O. The highest BCUT2D eigenvalue weighted by molar-refractivity contribution is 5.98. The molecule has 0 saturated carbocycles. The van der Waals surface area contributed by atoms with E-state index in [9.17, 15) is 30.3 Å². The smallest absolute Gasteiger partial charge is 0.201 e. The molecular weight excluding hydrogens is 396 g/mol. The van der Waals surface area contributed by atoms with Crippen LogP contribution in [-0.2, 0) is 15.1 Å². The Labute approximate surface area is 174 Å². The Hall–Kier alpha value is -1.33. The van der Waals surface area contributed by atoms with E-state index in [1.54, 1.807) is 6.92 Å². The van der Waals surface area contributed by atoms with Crippen LogP contribution in [0.15, 0.2) is 10.7 Å². The van der Waals surface area contributed by atoms with Crippen LogP contribution in [0.2, 0.25) is 0 Å². The average Bonchev–Trinajstić information content (AvgIpc) is 3.15. The zero-order chi connectivity index (χ0) is 22.0. The molecular formula is C21H30O9. The lowest BCUT2D eigenvalue weighted by atomic mass is 9.61. The molecule has 9 heteroatoms. The summed E-state index contributed by atoms with van der Waals surface area (Å²) in [5.41, 5.74) is -0.277. The summed E-state index contributed by atoms with van der Waals surface area (Å²) in [5.74, 6) is -0.583. The Morgan fingerprint density at radius 2 is 1.93 bits per heavy atom. The summed E-state index contributed by atoms with van der Waals surface area (Å²) in [6, 6.07) is 0. The summed E-state index contributed by atoms with van der Waals surface area (Å²) in [6.07, 6.45) is -5.57. The van der Waals surface area contributed by atoms with Crippen LogP contribution in [0.25, 0.3) is 0 Å². The second-order valence-electron chi connectivity index (χ2n) is 9.20. The third-order valence-electron chi connectivity index (χ3n) is 6.92. The van der Waals surface area contributed by atoms with Gasteiger partial charge in [-0.15, -0.1) is 0 Å². The van der Waals surface area contributed by atoms with Gasteiger partial charge in [0.1, 0.15) is 24.4 Å². The Morgan fingerprint density at radius 3 is 2.57 bits per heavy atom. The lowest BCUT2D eigenvalue weighted by Gasteiger charge is -2.48. The lowest BCUT2D eigenvalue weighted by Crippen LogP contribution is -2.59. The first-order valence-electron chi connectivity index (χ1n) is 10.4. The van der Waals surface area contributed by atoms with Crippen molar-refractivity contribution in [2.24, 2.45) is 17.8 Å². The second kappa shape index (κ2) is 7.67. The summed E-state index contributed by atoms with van der Waals surface area (Å²) in [7, 11) is 0. The molecule has 0 aromatic carbocycles. The number of furan rings is 1. The largest absolute Gasteiger partial charge is 0.460 e. The summed E-state index contributed by atoms with van der Waals surface area (Å²) >= 11 is 0. The van der Waals surface area contributed by atoms with Crippen LogP contribution in [0, 0.1) is 17.8 Å². The summed E-state index contributed by atoms with van der Waals surface area (Å²) < 4.78 is 17.1. The van der Waals surface area contributed by atoms with E-state index < -0.39 is 49.0 Å². The number of ketones is 1. The molecule has 2 heterocycles. The molecule has 1 aliphatic heterocycles. The molecule has 2 aliphatic carbocycles. The predicted octanol–water partition coefficient (Wildman–Crippen LogP) is 0.223. The van der Waals surface area contributed by atoms with Gasteiger partial charge < -0.3 is 39.4 Å². The van der Waals surface area contributed by atoms with E-state index in [0.717, 1.165) is 0 Å². The van der Waals surface area contributed by atoms with E-state index in [4.69, 9.17) is 13.9 Å². The normalized spacial score (nSPS) is 43.7. The van der Waals surface area contributed by atoms with Gasteiger partial charge in [-0.1, -0.05) is 20.8 Å². The molecule has 168 valence electrons. The molecule has 4 rings (SSSR count). The molecule has 1 fully saturated rings. The van der Waals surface area contributed by atoms with Crippen molar-refractivity contribution in [1.29, 1.82) is 0 Å². The van der Waals surface area contributed by atoms with Crippen LogP contribution < -0.4 is 0 Å². The van der Waals surface area contributed by atoms with E-state index in [0.29, 0.717) is 24.0 Å². The highest BCUT2D eigenvalue weighted by Gasteiger charge is 2.56. The Balaban J connectivity index is 1.70. The Morgan fingerprint density at radius 1 is 1.23 bits per heavy atom. The molecule has 0 amide bonds. The molecule has 0 spiro atoms. The highest BCUT2D eigenvalue weighted by Crippen LogP contribution is 2.56. The summed E-state index contributed by atoms with van der Waals surface area (Å²) in [6.45, 7) is 5.19. The molecule has 3 aliphatic rings. The number of carbonyl (C=O) groups excluding carboxylic acids is 1. The third-order valence-corrected chi connectivity index (χ3v) is 6.92. The molecule has 0 radical (unpaired) electrons. The minimum absolute atomic E-state index is 0.0622. The monoisotopic (exact) mass is 426 g/mol. The topological polar surface area (TPSA) is 150 Å². The average molecular weight is 426 g/mol. The molecule has 0 unspecified atom stereocenters. The quantitative estimate of drug-likeness (QED) is 0.456. The van der Waals surface area contributed by atoms with Gasteiger partial charge in [0.2, 0.25) is 5.78 Å². The first-order chi connectivity index (χ1) is 14.1. The molecule has 1 aromatic rings. The van der Waals surface area contributed by atoms with Crippen LogP contribution >= 0.6 is 0 Å². The maximum atomic E-state index is 12.6. The predicted molar refractivity (Wildman–Crippen MR) is 101 cm³/mol. The van der Waals surface area contributed by atoms with Gasteiger partial charge in [0.25, 0.3) is 0 Å². The first kappa shape index (κ1) is 21.9. The van der Waals surface area contributed by atoms with Crippen molar-refractivity contribution in [3.63, 3.8) is 0 Å². The van der Waals surface area contributed by atoms with Crippen LogP contribution in [0.5, 0.6) is 0 Å². The number of Topliss-reactive ketones (excluding diaryl/α,β-unsaturated/α-hetero) is 1. The number of aliphatic hydroxyl groups is 5. The van der Waals surface area contributed by atoms with Crippen molar-refractivity contribution in [3.8, 4) is 0 Å². The van der Waals surface area contributed by atoms with Crippen molar-refractivity contribution < 1.29 is 44.2 Å². The fourth-order valence-electron chi connectivity index (χ4n) is 5.30. The van der Waals surface area contributed by atoms with Crippen LogP contribution in [0.3, 0.4) is 0 Å². The van der Waals surface area contributed by atoms with E-state index >= 15 is 0 Å². The van der Waals surface area contributed by atoms with E-state index in [1.807, 2.05) is 13.8 Å². The Bertz CT molecular complexity index is 802. The number of carbonyl (C=O) groups is 1. The van der Waals surface area contributed by atoms with Crippen LogP contribution in [0.1, 0.15) is 61.4 Å². The molecule has 1 saturated heterocycles. The van der Waals surface area contributed by atoms with Gasteiger partial charge in [-0.05, 0) is 24.7 Å². The molecule has 30 heavy (non-hydrogen) atoms. The maximum absolute atomic E-state index is 12.6. The van der Waals surface area contributed by atoms with E-state index in [2.05, 4.69) is 0 Å². The van der Waals surface area contributed by atoms with E-state index in [1.165, 1.54) is 6.26 Å². The molecule has 5 N–H and O–H groups in total. The summed E-state index contributed by atoms with van der Waals surface area (Å²) in [5, 5.41) is 51.4. The van der Waals surface area contributed by atoms with Gasteiger partial charge in [0, 0.05) is 17.0 Å². The maximum Gasteiger partial charge on any atom is 0.201 e. The van der Waals surface area contributed by atoms with Gasteiger partial charge in [-0.3, -0.25) is 4.79 Å². The van der Waals surface area contributed by atoms with Crippen molar-refractivity contribution in [2.75, 3.05) is 6.61 Å². The van der Waals surface area contributed by atoms with Crippen molar-refractivity contribution in [3.05, 3.63) is 23.2 Å². The number of hydrogen-bond acceptors (Lipinski definition) is 9. The van der Waals surface area contributed by atoms with Gasteiger partial charge in [-0.25, -0.2) is 0 Å².